The number of ketones is 2. The summed E-state index contributed by atoms with van der Waals surface area (Å²) in [5, 5.41) is 35.6. The fraction of sp³-hybridized carbons (Fsp3) is 0.480. The van der Waals surface area contributed by atoms with E-state index in [9.17, 15) is 29.7 Å². The minimum absolute atomic E-state index is 0.0251. The van der Waals surface area contributed by atoms with Gasteiger partial charge in [0.15, 0.2) is 11.6 Å². The van der Waals surface area contributed by atoms with Crippen LogP contribution in [0.3, 0.4) is 0 Å². The van der Waals surface area contributed by atoms with E-state index in [1.807, 2.05) is 19.0 Å². The number of allylic oxidation sites excluding steroid dienone is 1. The molecule has 3 aliphatic carbocycles. The lowest BCUT2D eigenvalue weighted by Crippen LogP contribution is -2.56. The van der Waals surface area contributed by atoms with E-state index in [0.29, 0.717) is 24.0 Å². The van der Waals surface area contributed by atoms with Crippen molar-refractivity contribution in [2.75, 3.05) is 39.8 Å². The molecular formula is C25H33N5O6. The number of aromatic hydroxyl groups is 1. The van der Waals surface area contributed by atoms with Gasteiger partial charge in [-0.15, -0.1) is 0 Å². The molecule has 11 heteroatoms. The molecule has 0 heterocycles. The number of Topliss-reactive ketones (excluding diaryl/α,β-unsaturated/α-hetero) is 2. The molecule has 0 aromatic heterocycles. The van der Waals surface area contributed by atoms with Gasteiger partial charge in [-0.2, -0.15) is 0 Å². The van der Waals surface area contributed by atoms with Gasteiger partial charge in [-0.25, -0.2) is 0 Å². The average molecular weight is 500 g/mol. The lowest BCUT2D eigenvalue weighted by atomic mass is 9.59. The van der Waals surface area contributed by atoms with Crippen molar-refractivity contribution in [1.29, 1.82) is 0 Å². The van der Waals surface area contributed by atoms with Crippen molar-refractivity contribution in [2.24, 2.45) is 29.2 Å². The Bertz CT molecular complexity index is 1220. The molecule has 1 aromatic carbocycles. The number of hydrogen-bond acceptors (Lipinski definition) is 10. The van der Waals surface area contributed by atoms with E-state index in [2.05, 4.69) is 5.32 Å². The number of hydrogen-bond donors (Lipinski definition) is 6. The average Bonchev–Trinajstić information content (AvgIpc) is 2.78. The molecular weight excluding hydrogens is 466 g/mol. The fourth-order valence-electron chi connectivity index (χ4n) is 6.08. The zero-order valence-electron chi connectivity index (χ0n) is 20.8. The molecule has 36 heavy (non-hydrogen) atoms. The molecule has 8 N–H and O–H groups in total. The summed E-state index contributed by atoms with van der Waals surface area (Å²) in [5.41, 5.74) is 12.8. The standard InChI is InChI=1S/C25H33N5O6/c1-29(2)14-7-11(8-26)20(31)16-12(14)5-10-6-13-17(22(33)15(10)21(16)32)23(34)18(25(36)28-9-27)24(35)19(13)30(3)4/h7,10,13,17,19,31-32,35H,5-6,8-9,26-27H2,1-4H3,(H,28,36)/t10?,13-,17?,19+/m1/s1. The third kappa shape index (κ3) is 3.66. The molecule has 1 amide bonds. The maximum Gasteiger partial charge on any atom is 0.259 e. The minimum atomic E-state index is -1.27. The Morgan fingerprint density at radius 3 is 2.33 bits per heavy atom. The Kier molecular flexibility index (Phi) is 6.58. The van der Waals surface area contributed by atoms with Crippen LogP contribution in [0.25, 0.3) is 5.76 Å². The number of aliphatic hydroxyl groups excluding tert-OH is 2. The molecule has 0 radical (unpaired) electrons. The number of amides is 1. The Labute approximate surface area is 209 Å². The van der Waals surface area contributed by atoms with Crippen molar-refractivity contribution in [2.45, 2.75) is 25.4 Å². The van der Waals surface area contributed by atoms with Crippen LogP contribution in [-0.4, -0.2) is 78.6 Å². The number of nitrogens with two attached hydrogens (primary N) is 2. The summed E-state index contributed by atoms with van der Waals surface area (Å²) in [5.74, 6) is -5.55. The maximum atomic E-state index is 13.9. The molecule has 3 aliphatic rings. The predicted octanol–water partition coefficient (Wildman–Crippen LogP) is -0.0791. The summed E-state index contributed by atoms with van der Waals surface area (Å²) in [6.45, 7) is -0.226. The molecule has 1 saturated carbocycles. The van der Waals surface area contributed by atoms with Gasteiger partial charge in [-0.3, -0.25) is 19.3 Å². The van der Waals surface area contributed by atoms with E-state index in [1.165, 1.54) is 0 Å². The largest absolute Gasteiger partial charge is 0.510 e. The molecule has 1 fully saturated rings. The smallest absolute Gasteiger partial charge is 0.259 e. The number of nitrogens with one attached hydrogen (secondary N) is 1. The molecule has 0 aliphatic heterocycles. The highest BCUT2D eigenvalue weighted by Crippen LogP contribution is 2.52. The fourth-order valence-corrected chi connectivity index (χ4v) is 6.08. The first kappa shape index (κ1) is 25.7. The second-order valence-electron chi connectivity index (χ2n) is 10.0. The van der Waals surface area contributed by atoms with Gasteiger partial charge in [0.25, 0.3) is 5.91 Å². The van der Waals surface area contributed by atoms with Gasteiger partial charge in [0.2, 0.25) is 0 Å². The molecule has 1 aromatic rings. The van der Waals surface area contributed by atoms with E-state index in [-0.39, 0.29) is 35.9 Å². The molecule has 4 rings (SSSR count). The van der Waals surface area contributed by atoms with Crippen molar-refractivity contribution < 1.29 is 29.7 Å². The summed E-state index contributed by atoms with van der Waals surface area (Å²) >= 11 is 0. The lowest BCUT2D eigenvalue weighted by molar-refractivity contribution is -0.137. The van der Waals surface area contributed by atoms with Gasteiger partial charge in [0, 0.05) is 37.5 Å². The van der Waals surface area contributed by atoms with Crippen LogP contribution in [0, 0.1) is 17.8 Å². The highest BCUT2D eigenvalue weighted by molar-refractivity contribution is 6.28. The van der Waals surface area contributed by atoms with E-state index in [1.54, 1.807) is 25.1 Å². The second-order valence-corrected chi connectivity index (χ2v) is 10.0. The molecule has 2 unspecified atom stereocenters. The van der Waals surface area contributed by atoms with Crippen LogP contribution >= 0.6 is 0 Å². The van der Waals surface area contributed by atoms with Gasteiger partial charge >= 0.3 is 0 Å². The normalized spacial score (nSPS) is 25.5. The Balaban J connectivity index is 1.91. The summed E-state index contributed by atoms with van der Waals surface area (Å²) in [7, 11) is 7.08. The van der Waals surface area contributed by atoms with E-state index in [0.717, 1.165) is 5.69 Å². The maximum absolute atomic E-state index is 13.9. The third-order valence-corrected chi connectivity index (χ3v) is 7.56. The highest BCUT2D eigenvalue weighted by Gasteiger charge is 2.56. The third-order valence-electron chi connectivity index (χ3n) is 7.56. The number of carbonyl (C=O) groups is 3. The van der Waals surface area contributed by atoms with Crippen LogP contribution in [0.1, 0.15) is 23.1 Å². The second kappa shape index (κ2) is 9.23. The van der Waals surface area contributed by atoms with Crippen LogP contribution in [-0.2, 0) is 27.3 Å². The van der Waals surface area contributed by atoms with Gasteiger partial charge in [0.05, 0.1) is 24.2 Å². The summed E-state index contributed by atoms with van der Waals surface area (Å²) in [6, 6.07) is 1.01. The SMILES string of the molecule is CN(C)c1cc(CN)c(O)c2c1CC1C[C@@H]3C(C(=O)C(C(=O)NCN)=C(O)[C@H]3N(C)C)C(=O)C1=C2O. The minimum Gasteiger partial charge on any atom is -0.510 e. The molecule has 11 nitrogen and oxygen atoms in total. The van der Waals surface area contributed by atoms with Crippen molar-refractivity contribution in [3.05, 3.63) is 39.7 Å². The molecule has 0 saturated heterocycles. The first-order chi connectivity index (χ1) is 17.0. The Morgan fingerprint density at radius 1 is 1.11 bits per heavy atom. The number of carbonyl (C=O) groups excluding carboxylic acids is 3. The molecule has 0 spiro atoms. The van der Waals surface area contributed by atoms with Crippen LogP contribution in [0.4, 0.5) is 5.69 Å². The monoisotopic (exact) mass is 499 g/mol. The number of nitrogens with zero attached hydrogens (tertiary/aromatic N) is 2. The molecule has 4 atom stereocenters. The topological polar surface area (TPSA) is 182 Å². The number of anilines is 1. The summed E-state index contributed by atoms with van der Waals surface area (Å²) < 4.78 is 0. The van der Waals surface area contributed by atoms with Crippen molar-refractivity contribution in [1.82, 2.24) is 10.2 Å². The van der Waals surface area contributed by atoms with Gasteiger partial charge in [-0.1, -0.05) is 0 Å². The number of phenolic OH excluding ortho intramolecular Hbond substituents is 1. The van der Waals surface area contributed by atoms with Crippen molar-refractivity contribution >= 4 is 28.9 Å². The van der Waals surface area contributed by atoms with E-state index < -0.39 is 52.6 Å². The van der Waals surface area contributed by atoms with Gasteiger partial charge in [0.1, 0.15) is 22.8 Å². The Hall–Kier alpha value is -3.41. The van der Waals surface area contributed by atoms with E-state index >= 15 is 0 Å². The predicted molar refractivity (Wildman–Crippen MR) is 133 cm³/mol. The van der Waals surface area contributed by atoms with Gasteiger partial charge in [-0.05, 0) is 50.4 Å². The number of phenols is 1. The quantitative estimate of drug-likeness (QED) is 0.182. The number of benzene rings is 1. The molecule has 194 valence electrons. The number of likely N-dealkylation sites (N-methyl/N-ethyl adjacent to an activating group) is 1. The first-order valence-electron chi connectivity index (χ1n) is 11.8. The number of fused-ring (bicyclic) bond motifs is 3. The van der Waals surface area contributed by atoms with Crippen molar-refractivity contribution in [3.63, 3.8) is 0 Å². The summed E-state index contributed by atoms with van der Waals surface area (Å²) in [6.07, 6.45) is 0.654. The van der Waals surface area contributed by atoms with Crippen LogP contribution < -0.4 is 21.7 Å². The van der Waals surface area contributed by atoms with Crippen LogP contribution in [0.2, 0.25) is 0 Å². The van der Waals surface area contributed by atoms with Crippen LogP contribution in [0.5, 0.6) is 5.75 Å². The number of aliphatic hydroxyl groups is 2. The van der Waals surface area contributed by atoms with E-state index in [4.69, 9.17) is 11.5 Å². The lowest BCUT2D eigenvalue weighted by Gasteiger charge is -2.46. The van der Waals surface area contributed by atoms with Crippen molar-refractivity contribution in [3.8, 4) is 5.75 Å². The zero-order valence-corrected chi connectivity index (χ0v) is 20.8. The van der Waals surface area contributed by atoms with Gasteiger partial charge < -0.3 is 37.0 Å². The molecule has 0 bridgehead atoms. The Morgan fingerprint density at radius 2 is 1.78 bits per heavy atom. The first-order valence-corrected chi connectivity index (χ1v) is 11.8. The highest BCUT2D eigenvalue weighted by atomic mass is 16.3. The number of rotatable bonds is 5. The summed E-state index contributed by atoms with van der Waals surface area (Å²) in [4.78, 5) is 43.5. The van der Waals surface area contributed by atoms with Crippen LogP contribution in [0.15, 0.2) is 23.0 Å². The zero-order chi connectivity index (χ0) is 26.6.